The third-order valence-electron chi connectivity index (χ3n) is 7.40. The Balaban J connectivity index is 1.36. The largest absolute Gasteiger partial charge is 0.341 e. The quantitative estimate of drug-likeness (QED) is 0.890. The summed E-state index contributed by atoms with van der Waals surface area (Å²) in [6, 6.07) is 11.5. The van der Waals surface area contributed by atoms with Crippen LogP contribution < -0.4 is 5.73 Å². The second-order valence-electron chi connectivity index (χ2n) is 9.12. The summed E-state index contributed by atoms with van der Waals surface area (Å²) in [7, 11) is 0. The first-order chi connectivity index (χ1) is 13.1. The predicted molar refractivity (Wildman–Crippen MR) is 109 cm³/mol. The highest BCUT2D eigenvalue weighted by molar-refractivity contribution is 5.79. The molecule has 2 N–H and O–H groups in total. The normalized spacial score (nSPS) is 34.9. The molecule has 4 heteroatoms. The molecule has 1 aromatic rings. The number of nitrogens with two attached hydrogens (primary N) is 1. The summed E-state index contributed by atoms with van der Waals surface area (Å²) in [4.78, 5) is 18.0. The van der Waals surface area contributed by atoms with Crippen molar-refractivity contribution in [2.24, 2.45) is 23.5 Å². The summed E-state index contributed by atoms with van der Waals surface area (Å²) in [5.41, 5.74) is 7.79. The molecule has 3 aliphatic rings. The maximum Gasteiger partial charge on any atom is 0.225 e. The standard InChI is InChI=1S/C23H35N3O/c1-17-10-11-25(12-13-26(17)16-18-6-3-2-4-7-18)23(27)21-14-19-8-5-9-20(15-21)22(19)24/h2-4,6-7,17,19-22H,5,8-16,24H2,1H3/t17-,19-,20+,21?,22?/m1/s1. The first-order valence-electron chi connectivity index (χ1n) is 10.9. The second-order valence-corrected chi connectivity index (χ2v) is 9.12. The zero-order valence-corrected chi connectivity index (χ0v) is 16.7. The van der Waals surface area contributed by atoms with Gasteiger partial charge in [0, 0.05) is 44.2 Å². The minimum absolute atomic E-state index is 0.219. The highest BCUT2D eigenvalue weighted by atomic mass is 16.2. The Labute approximate surface area is 164 Å². The van der Waals surface area contributed by atoms with E-state index in [4.69, 9.17) is 5.73 Å². The van der Waals surface area contributed by atoms with E-state index >= 15 is 0 Å². The van der Waals surface area contributed by atoms with E-state index in [1.165, 1.54) is 24.8 Å². The van der Waals surface area contributed by atoms with Crippen molar-refractivity contribution < 1.29 is 4.79 Å². The Morgan fingerprint density at radius 1 is 1.04 bits per heavy atom. The first kappa shape index (κ1) is 18.9. The summed E-state index contributed by atoms with van der Waals surface area (Å²) >= 11 is 0. The van der Waals surface area contributed by atoms with Gasteiger partial charge in [0.05, 0.1) is 0 Å². The van der Waals surface area contributed by atoms with Crippen molar-refractivity contribution in [2.75, 3.05) is 19.6 Å². The number of rotatable bonds is 3. The van der Waals surface area contributed by atoms with E-state index in [1.54, 1.807) is 0 Å². The summed E-state index contributed by atoms with van der Waals surface area (Å²) in [5.74, 6) is 1.78. The van der Waals surface area contributed by atoms with Crippen LogP contribution in [0.2, 0.25) is 0 Å². The van der Waals surface area contributed by atoms with Crippen LogP contribution in [0.1, 0.15) is 51.0 Å². The molecule has 148 valence electrons. The summed E-state index contributed by atoms with van der Waals surface area (Å²) in [5, 5.41) is 0. The van der Waals surface area contributed by atoms with Crippen LogP contribution in [0.25, 0.3) is 0 Å². The molecule has 5 atom stereocenters. The molecule has 1 aromatic carbocycles. The number of amides is 1. The lowest BCUT2D eigenvalue weighted by atomic mass is 9.65. The monoisotopic (exact) mass is 369 g/mol. The Morgan fingerprint density at radius 3 is 2.44 bits per heavy atom. The van der Waals surface area contributed by atoms with E-state index < -0.39 is 0 Å². The van der Waals surface area contributed by atoms with Crippen LogP contribution in [-0.4, -0.2) is 47.4 Å². The molecule has 0 radical (unpaired) electrons. The zero-order chi connectivity index (χ0) is 18.8. The highest BCUT2D eigenvalue weighted by Crippen LogP contribution is 2.42. The van der Waals surface area contributed by atoms with Crippen molar-refractivity contribution in [1.82, 2.24) is 9.80 Å². The van der Waals surface area contributed by atoms with Gasteiger partial charge in [0.2, 0.25) is 5.91 Å². The summed E-state index contributed by atoms with van der Waals surface area (Å²) < 4.78 is 0. The predicted octanol–water partition coefficient (Wildman–Crippen LogP) is 3.26. The van der Waals surface area contributed by atoms with Crippen molar-refractivity contribution in [2.45, 2.75) is 64.1 Å². The third-order valence-corrected chi connectivity index (χ3v) is 7.40. The molecule has 2 bridgehead atoms. The zero-order valence-electron chi connectivity index (χ0n) is 16.7. The maximum absolute atomic E-state index is 13.3. The fourth-order valence-electron chi connectivity index (χ4n) is 5.63. The van der Waals surface area contributed by atoms with Gasteiger partial charge in [-0.1, -0.05) is 36.8 Å². The number of hydrogen-bond donors (Lipinski definition) is 1. The number of carbonyl (C=O) groups excluding carboxylic acids is 1. The molecule has 0 spiro atoms. The Kier molecular flexibility index (Phi) is 5.84. The first-order valence-corrected chi connectivity index (χ1v) is 10.9. The Hall–Kier alpha value is -1.39. The molecule has 1 heterocycles. The van der Waals surface area contributed by atoms with Crippen molar-refractivity contribution in [3.05, 3.63) is 35.9 Å². The van der Waals surface area contributed by atoms with E-state index in [0.717, 1.165) is 45.4 Å². The van der Waals surface area contributed by atoms with Gasteiger partial charge in [-0.25, -0.2) is 0 Å². The second kappa shape index (κ2) is 8.32. The molecule has 1 amide bonds. The van der Waals surface area contributed by atoms with Gasteiger partial charge in [-0.05, 0) is 56.4 Å². The number of hydrogen-bond acceptors (Lipinski definition) is 3. The van der Waals surface area contributed by atoms with E-state index in [9.17, 15) is 4.79 Å². The highest BCUT2D eigenvalue weighted by Gasteiger charge is 2.41. The van der Waals surface area contributed by atoms with Gasteiger partial charge in [-0.15, -0.1) is 0 Å². The van der Waals surface area contributed by atoms with Gasteiger partial charge in [-0.3, -0.25) is 9.69 Å². The molecular formula is C23H35N3O. The number of nitrogens with zero attached hydrogens (tertiary/aromatic N) is 2. The summed E-state index contributed by atoms with van der Waals surface area (Å²) in [6.07, 6.45) is 6.87. The number of carbonyl (C=O) groups is 1. The molecule has 4 rings (SSSR count). The molecule has 3 fully saturated rings. The van der Waals surface area contributed by atoms with Crippen LogP contribution in [0.3, 0.4) is 0 Å². The minimum Gasteiger partial charge on any atom is -0.341 e. The third kappa shape index (κ3) is 4.22. The molecule has 1 aliphatic heterocycles. The minimum atomic E-state index is 0.219. The molecule has 2 saturated carbocycles. The smallest absolute Gasteiger partial charge is 0.225 e. The molecule has 1 saturated heterocycles. The van der Waals surface area contributed by atoms with Crippen LogP contribution in [0.4, 0.5) is 0 Å². The van der Waals surface area contributed by atoms with Gasteiger partial charge in [-0.2, -0.15) is 0 Å². The van der Waals surface area contributed by atoms with Crippen molar-refractivity contribution in [3.63, 3.8) is 0 Å². The van der Waals surface area contributed by atoms with Gasteiger partial charge >= 0.3 is 0 Å². The average molecular weight is 370 g/mol. The Bertz CT molecular complexity index is 620. The SMILES string of the molecule is C[C@@H]1CCN(C(=O)C2C[C@H]3CCC[C@@H](C2)C3N)CCN1Cc1ccccc1. The fourth-order valence-corrected chi connectivity index (χ4v) is 5.63. The molecule has 4 nitrogen and oxygen atoms in total. The number of fused-ring (bicyclic) bond motifs is 2. The lowest BCUT2D eigenvalue weighted by Gasteiger charge is -2.44. The van der Waals surface area contributed by atoms with Crippen LogP contribution in [-0.2, 0) is 11.3 Å². The summed E-state index contributed by atoms with van der Waals surface area (Å²) in [6.45, 7) is 6.03. The van der Waals surface area contributed by atoms with Crippen molar-refractivity contribution in [1.29, 1.82) is 0 Å². The van der Waals surface area contributed by atoms with E-state index in [2.05, 4.69) is 47.1 Å². The maximum atomic E-state index is 13.3. The topological polar surface area (TPSA) is 49.6 Å². The van der Waals surface area contributed by atoms with E-state index in [1.807, 2.05) is 0 Å². The van der Waals surface area contributed by atoms with Crippen LogP contribution in [0.5, 0.6) is 0 Å². The lowest BCUT2D eigenvalue weighted by molar-refractivity contribution is -0.138. The van der Waals surface area contributed by atoms with Gasteiger partial charge in [0.25, 0.3) is 0 Å². The van der Waals surface area contributed by atoms with Gasteiger partial charge in [0.1, 0.15) is 0 Å². The molecule has 27 heavy (non-hydrogen) atoms. The molecule has 0 aromatic heterocycles. The molecular weight excluding hydrogens is 334 g/mol. The van der Waals surface area contributed by atoms with Crippen molar-refractivity contribution >= 4 is 5.91 Å². The van der Waals surface area contributed by atoms with E-state index in [-0.39, 0.29) is 5.92 Å². The Morgan fingerprint density at radius 2 is 1.74 bits per heavy atom. The van der Waals surface area contributed by atoms with Crippen LogP contribution in [0, 0.1) is 17.8 Å². The fraction of sp³-hybridized carbons (Fsp3) is 0.696. The molecule has 2 unspecified atom stereocenters. The van der Waals surface area contributed by atoms with E-state index in [0.29, 0.717) is 29.8 Å². The number of benzene rings is 1. The van der Waals surface area contributed by atoms with Gasteiger partial charge < -0.3 is 10.6 Å². The molecule has 2 aliphatic carbocycles. The van der Waals surface area contributed by atoms with Crippen molar-refractivity contribution in [3.8, 4) is 0 Å². The van der Waals surface area contributed by atoms with Crippen LogP contribution >= 0.6 is 0 Å². The average Bonchev–Trinajstić information content (AvgIpc) is 2.84. The lowest BCUT2D eigenvalue weighted by Crippen LogP contribution is -2.50. The van der Waals surface area contributed by atoms with Gasteiger partial charge in [0.15, 0.2) is 0 Å². The van der Waals surface area contributed by atoms with Crippen LogP contribution in [0.15, 0.2) is 30.3 Å².